The van der Waals surface area contributed by atoms with Crippen molar-refractivity contribution < 1.29 is 14.3 Å². The third-order valence-electron chi connectivity index (χ3n) is 2.74. The van der Waals surface area contributed by atoms with Crippen LogP contribution < -0.4 is 10.6 Å². The van der Waals surface area contributed by atoms with Crippen LogP contribution >= 0.6 is 0 Å². The minimum atomic E-state index is -0.268. The van der Waals surface area contributed by atoms with Gasteiger partial charge in [0.15, 0.2) is 0 Å². The maximum atomic E-state index is 11.6. The molecule has 0 spiro atoms. The van der Waals surface area contributed by atoms with E-state index in [4.69, 9.17) is 4.74 Å². The second-order valence-electron chi connectivity index (χ2n) is 4.64. The normalized spacial score (nSPS) is 10.1. The fourth-order valence-corrected chi connectivity index (χ4v) is 1.74. The second-order valence-corrected chi connectivity index (χ2v) is 4.64. The first-order valence-corrected chi connectivity index (χ1v) is 6.69. The number of hydrogen-bond donors (Lipinski definition) is 2. The van der Waals surface area contributed by atoms with Crippen LogP contribution in [-0.2, 0) is 20.9 Å². The van der Waals surface area contributed by atoms with E-state index in [0.717, 1.165) is 17.5 Å². The molecule has 20 heavy (non-hydrogen) atoms. The van der Waals surface area contributed by atoms with Crippen LogP contribution in [-0.4, -0.2) is 32.1 Å². The second kappa shape index (κ2) is 9.09. The lowest BCUT2D eigenvalue weighted by Gasteiger charge is -2.07. The summed E-state index contributed by atoms with van der Waals surface area (Å²) in [5.74, 6) is -0.529. The van der Waals surface area contributed by atoms with Crippen LogP contribution in [0.25, 0.3) is 0 Å². The molecule has 0 saturated heterocycles. The molecule has 5 heteroatoms. The minimum absolute atomic E-state index is 0.140. The van der Waals surface area contributed by atoms with E-state index < -0.39 is 0 Å². The summed E-state index contributed by atoms with van der Waals surface area (Å²) in [5.41, 5.74) is 2.17. The molecule has 5 nitrogen and oxygen atoms in total. The Labute approximate surface area is 119 Å². The van der Waals surface area contributed by atoms with Gasteiger partial charge in [-0.2, -0.15) is 0 Å². The summed E-state index contributed by atoms with van der Waals surface area (Å²) in [6, 6.07) is 7.89. The number of nitrogens with one attached hydrogen (secondary N) is 2. The molecule has 2 amide bonds. The van der Waals surface area contributed by atoms with Crippen molar-refractivity contribution >= 4 is 11.8 Å². The van der Waals surface area contributed by atoms with Crippen LogP contribution in [0, 0.1) is 6.92 Å². The van der Waals surface area contributed by atoms with Gasteiger partial charge in [-0.15, -0.1) is 0 Å². The van der Waals surface area contributed by atoms with E-state index in [-0.39, 0.29) is 18.2 Å². The molecule has 0 fully saturated rings. The SMILES string of the molecule is COCCCNC(=O)CC(=O)NCc1cccc(C)c1. The zero-order valence-corrected chi connectivity index (χ0v) is 12.1. The highest BCUT2D eigenvalue weighted by Gasteiger charge is 2.08. The van der Waals surface area contributed by atoms with Gasteiger partial charge in [0, 0.05) is 26.8 Å². The molecule has 0 saturated carbocycles. The van der Waals surface area contributed by atoms with Gasteiger partial charge in [-0.1, -0.05) is 29.8 Å². The van der Waals surface area contributed by atoms with Gasteiger partial charge in [-0.25, -0.2) is 0 Å². The smallest absolute Gasteiger partial charge is 0.229 e. The highest BCUT2D eigenvalue weighted by atomic mass is 16.5. The van der Waals surface area contributed by atoms with Crippen LogP contribution in [0.15, 0.2) is 24.3 Å². The lowest BCUT2D eigenvalue weighted by Crippen LogP contribution is -2.32. The van der Waals surface area contributed by atoms with E-state index in [1.807, 2.05) is 31.2 Å². The van der Waals surface area contributed by atoms with Crippen molar-refractivity contribution in [2.24, 2.45) is 0 Å². The average molecular weight is 278 g/mol. The predicted molar refractivity (Wildman–Crippen MR) is 77.1 cm³/mol. The molecule has 1 rings (SSSR count). The third kappa shape index (κ3) is 6.89. The van der Waals surface area contributed by atoms with E-state index in [9.17, 15) is 9.59 Å². The van der Waals surface area contributed by atoms with Gasteiger partial charge in [0.05, 0.1) is 0 Å². The van der Waals surface area contributed by atoms with Gasteiger partial charge in [0.25, 0.3) is 0 Å². The van der Waals surface area contributed by atoms with Crippen LogP contribution in [0.2, 0.25) is 0 Å². The van der Waals surface area contributed by atoms with E-state index in [1.165, 1.54) is 0 Å². The lowest BCUT2D eigenvalue weighted by molar-refractivity contribution is -0.129. The van der Waals surface area contributed by atoms with Crippen LogP contribution in [0.4, 0.5) is 0 Å². The number of carbonyl (C=O) groups is 2. The van der Waals surface area contributed by atoms with Gasteiger partial charge in [0.1, 0.15) is 6.42 Å². The third-order valence-corrected chi connectivity index (χ3v) is 2.74. The molecule has 1 aromatic rings. The fourth-order valence-electron chi connectivity index (χ4n) is 1.74. The molecule has 1 aromatic carbocycles. The summed E-state index contributed by atoms with van der Waals surface area (Å²) in [4.78, 5) is 23.1. The largest absolute Gasteiger partial charge is 0.385 e. The Morgan fingerprint density at radius 3 is 2.65 bits per heavy atom. The monoisotopic (exact) mass is 278 g/mol. The predicted octanol–water partition coefficient (Wildman–Crippen LogP) is 1.15. The number of amides is 2. The topological polar surface area (TPSA) is 67.4 Å². The summed E-state index contributed by atoms with van der Waals surface area (Å²) in [6.45, 7) is 3.56. The lowest BCUT2D eigenvalue weighted by atomic mass is 10.1. The van der Waals surface area contributed by atoms with Crippen LogP contribution in [0.3, 0.4) is 0 Å². The van der Waals surface area contributed by atoms with Crippen molar-refractivity contribution in [3.05, 3.63) is 35.4 Å². The highest BCUT2D eigenvalue weighted by molar-refractivity contribution is 5.96. The number of carbonyl (C=O) groups excluding carboxylic acids is 2. The van der Waals surface area contributed by atoms with Crippen molar-refractivity contribution in [2.75, 3.05) is 20.3 Å². The Kier molecular flexibility index (Phi) is 7.35. The first-order chi connectivity index (χ1) is 9.61. The Bertz CT molecular complexity index is 446. The Balaban J connectivity index is 2.21. The van der Waals surface area contributed by atoms with Crippen molar-refractivity contribution in [3.63, 3.8) is 0 Å². The Hall–Kier alpha value is -1.88. The summed E-state index contributed by atoms with van der Waals surface area (Å²) in [5, 5.41) is 5.41. The number of rotatable bonds is 8. The summed E-state index contributed by atoms with van der Waals surface area (Å²) in [7, 11) is 1.61. The van der Waals surface area contributed by atoms with Gasteiger partial charge in [-0.05, 0) is 18.9 Å². The molecule has 0 aliphatic heterocycles. The van der Waals surface area contributed by atoms with E-state index in [0.29, 0.717) is 19.7 Å². The first kappa shape index (κ1) is 16.2. The van der Waals surface area contributed by atoms with Crippen molar-refractivity contribution in [3.8, 4) is 0 Å². The molecule has 0 heterocycles. The first-order valence-electron chi connectivity index (χ1n) is 6.69. The Morgan fingerprint density at radius 2 is 1.95 bits per heavy atom. The van der Waals surface area contributed by atoms with Gasteiger partial charge >= 0.3 is 0 Å². The molecule has 0 atom stereocenters. The molecule has 0 aliphatic carbocycles. The molecular weight excluding hydrogens is 256 g/mol. The number of ether oxygens (including phenoxy) is 1. The molecule has 110 valence electrons. The number of methoxy groups -OCH3 is 1. The van der Waals surface area contributed by atoms with Crippen LogP contribution in [0.5, 0.6) is 0 Å². The zero-order chi connectivity index (χ0) is 14.8. The standard InChI is InChI=1S/C15H22N2O3/c1-12-5-3-6-13(9-12)11-17-15(19)10-14(18)16-7-4-8-20-2/h3,5-6,9H,4,7-8,10-11H2,1-2H3,(H,16,18)(H,17,19). The maximum absolute atomic E-state index is 11.6. The molecule has 0 unspecified atom stereocenters. The van der Waals surface area contributed by atoms with E-state index >= 15 is 0 Å². The van der Waals surface area contributed by atoms with Gasteiger partial charge in [-0.3, -0.25) is 9.59 Å². The zero-order valence-electron chi connectivity index (χ0n) is 12.1. The molecule has 0 bridgehead atoms. The number of benzene rings is 1. The highest BCUT2D eigenvalue weighted by Crippen LogP contribution is 2.03. The molecular formula is C15H22N2O3. The van der Waals surface area contributed by atoms with E-state index in [2.05, 4.69) is 10.6 Å². The van der Waals surface area contributed by atoms with Crippen molar-refractivity contribution in [2.45, 2.75) is 26.3 Å². The summed E-state index contributed by atoms with van der Waals surface area (Å²) < 4.78 is 4.87. The average Bonchev–Trinajstić information content (AvgIpc) is 2.41. The summed E-state index contributed by atoms with van der Waals surface area (Å²) in [6.07, 6.45) is 0.603. The Morgan fingerprint density at radius 1 is 1.20 bits per heavy atom. The van der Waals surface area contributed by atoms with E-state index in [1.54, 1.807) is 7.11 Å². The quantitative estimate of drug-likeness (QED) is 0.554. The minimum Gasteiger partial charge on any atom is -0.385 e. The number of hydrogen-bond acceptors (Lipinski definition) is 3. The fraction of sp³-hybridized carbons (Fsp3) is 0.467. The molecule has 0 aromatic heterocycles. The molecule has 0 radical (unpaired) electrons. The number of aryl methyl sites for hydroxylation is 1. The molecule has 0 aliphatic rings. The van der Waals surface area contributed by atoms with Crippen molar-refractivity contribution in [1.82, 2.24) is 10.6 Å². The summed E-state index contributed by atoms with van der Waals surface area (Å²) >= 11 is 0. The maximum Gasteiger partial charge on any atom is 0.229 e. The van der Waals surface area contributed by atoms with Crippen LogP contribution in [0.1, 0.15) is 24.0 Å². The van der Waals surface area contributed by atoms with Gasteiger partial charge in [0.2, 0.25) is 11.8 Å². The van der Waals surface area contributed by atoms with Crippen molar-refractivity contribution in [1.29, 1.82) is 0 Å². The molecule has 2 N–H and O–H groups in total. The van der Waals surface area contributed by atoms with Gasteiger partial charge < -0.3 is 15.4 Å².